The molecule has 1 amide bonds. The van der Waals surface area contributed by atoms with Gasteiger partial charge in [-0.15, -0.1) is 0 Å². The van der Waals surface area contributed by atoms with Gasteiger partial charge in [-0.25, -0.2) is 4.79 Å². The van der Waals surface area contributed by atoms with Gasteiger partial charge in [0.15, 0.2) is 0 Å². The van der Waals surface area contributed by atoms with Crippen LogP contribution in [-0.2, 0) is 4.74 Å². The summed E-state index contributed by atoms with van der Waals surface area (Å²) in [5.41, 5.74) is 2.33. The summed E-state index contributed by atoms with van der Waals surface area (Å²) >= 11 is 0. The number of hydrogen-bond acceptors (Lipinski definition) is 3. The summed E-state index contributed by atoms with van der Waals surface area (Å²) in [6.07, 6.45) is 4.31. The fourth-order valence-electron chi connectivity index (χ4n) is 1.71. The second kappa shape index (κ2) is 7.49. The minimum absolute atomic E-state index is 0.398. The lowest BCUT2D eigenvalue weighted by Gasteiger charge is -2.19. The molecular formula is C17H22N2O2. The van der Waals surface area contributed by atoms with Crippen molar-refractivity contribution >= 4 is 12.2 Å². The Balaban J connectivity index is 2.39. The standard InChI is InChI=1S/C17H22N2O2/c1-13-11-14(12-18)8-9-15(13)7-5-6-10-19-16(20)21-17(2,3)4/h5,7-9,11H,6,10H2,1-4H3,(H,19,20). The van der Waals surface area contributed by atoms with Crippen molar-refractivity contribution in [3.8, 4) is 6.07 Å². The molecule has 21 heavy (non-hydrogen) atoms. The Morgan fingerprint density at radius 3 is 2.71 bits per heavy atom. The monoisotopic (exact) mass is 286 g/mol. The van der Waals surface area contributed by atoms with Crippen LogP contribution in [0.3, 0.4) is 0 Å². The van der Waals surface area contributed by atoms with Gasteiger partial charge in [0.1, 0.15) is 5.60 Å². The van der Waals surface area contributed by atoms with Gasteiger partial charge in [-0.05, 0) is 57.4 Å². The Morgan fingerprint density at radius 2 is 2.14 bits per heavy atom. The smallest absolute Gasteiger partial charge is 0.407 e. The van der Waals surface area contributed by atoms with Gasteiger partial charge in [-0.3, -0.25) is 0 Å². The Labute approximate surface area is 126 Å². The van der Waals surface area contributed by atoms with Crippen LogP contribution in [-0.4, -0.2) is 18.2 Å². The number of carbonyl (C=O) groups excluding carboxylic acids is 1. The first kappa shape index (κ1) is 16.8. The third-order valence-electron chi connectivity index (χ3n) is 2.68. The summed E-state index contributed by atoms with van der Waals surface area (Å²) in [4.78, 5) is 11.4. The molecule has 4 nitrogen and oxygen atoms in total. The van der Waals surface area contributed by atoms with Crippen LogP contribution in [0.15, 0.2) is 24.3 Å². The van der Waals surface area contributed by atoms with Gasteiger partial charge in [0.2, 0.25) is 0 Å². The molecule has 0 spiro atoms. The van der Waals surface area contributed by atoms with Crippen molar-refractivity contribution in [3.05, 3.63) is 41.0 Å². The van der Waals surface area contributed by atoms with Crippen LogP contribution in [0.1, 0.15) is 43.9 Å². The zero-order chi connectivity index (χ0) is 15.9. The molecule has 0 atom stereocenters. The zero-order valence-electron chi connectivity index (χ0n) is 13.1. The van der Waals surface area contributed by atoms with Crippen molar-refractivity contribution in [2.75, 3.05) is 6.54 Å². The van der Waals surface area contributed by atoms with Crippen molar-refractivity contribution < 1.29 is 9.53 Å². The molecule has 0 aliphatic heterocycles. The van der Waals surface area contributed by atoms with Crippen LogP contribution in [0.4, 0.5) is 4.79 Å². The van der Waals surface area contributed by atoms with Crippen LogP contribution >= 0.6 is 0 Å². The summed E-state index contributed by atoms with van der Waals surface area (Å²) in [5.74, 6) is 0. The summed E-state index contributed by atoms with van der Waals surface area (Å²) < 4.78 is 5.14. The van der Waals surface area contributed by atoms with Crippen LogP contribution in [0.5, 0.6) is 0 Å². The minimum Gasteiger partial charge on any atom is -0.444 e. The molecule has 0 saturated carbocycles. The number of carbonyl (C=O) groups is 1. The lowest BCUT2D eigenvalue weighted by atomic mass is 10.1. The Kier molecular flexibility index (Phi) is 5.98. The van der Waals surface area contributed by atoms with E-state index in [-0.39, 0.29) is 0 Å². The number of hydrogen-bond donors (Lipinski definition) is 1. The zero-order valence-corrected chi connectivity index (χ0v) is 13.1. The van der Waals surface area contributed by atoms with E-state index in [0.717, 1.165) is 17.5 Å². The molecule has 1 rings (SSSR count). The first-order chi connectivity index (χ1) is 9.81. The molecule has 0 aromatic heterocycles. The molecule has 0 fully saturated rings. The Bertz CT molecular complexity index is 563. The van der Waals surface area contributed by atoms with Gasteiger partial charge in [0.25, 0.3) is 0 Å². The SMILES string of the molecule is Cc1cc(C#N)ccc1C=CCCNC(=O)OC(C)(C)C. The molecule has 1 aromatic rings. The first-order valence-electron chi connectivity index (χ1n) is 6.96. The van der Waals surface area contributed by atoms with E-state index >= 15 is 0 Å². The van der Waals surface area contributed by atoms with Crippen LogP contribution in [0.25, 0.3) is 6.08 Å². The molecule has 0 heterocycles. The maximum absolute atomic E-state index is 11.4. The number of rotatable bonds is 4. The fraction of sp³-hybridized carbons (Fsp3) is 0.412. The van der Waals surface area contributed by atoms with Crippen molar-refractivity contribution in [1.29, 1.82) is 5.26 Å². The predicted molar refractivity (Wildman–Crippen MR) is 83.8 cm³/mol. The number of ether oxygens (including phenoxy) is 1. The number of amides is 1. The first-order valence-corrected chi connectivity index (χ1v) is 6.96. The highest BCUT2D eigenvalue weighted by atomic mass is 16.6. The van der Waals surface area contributed by atoms with E-state index in [2.05, 4.69) is 11.4 Å². The summed E-state index contributed by atoms with van der Waals surface area (Å²) in [6.45, 7) is 8.00. The van der Waals surface area contributed by atoms with Gasteiger partial charge >= 0.3 is 6.09 Å². The van der Waals surface area contributed by atoms with Gasteiger partial charge in [0.05, 0.1) is 11.6 Å². The van der Waals surface area contributed by atoms with Crippen molar-refractivity contribution in [2.24, 2.45) is 0 Å². The lowest BCUT2D eigenvalue weighted by molar-refractivity contribution is 0.0529. The van der Waals surface area contributed by atoms with Crippen molar-refractivity contribution in [3.63, 3.8) is 0 Å². The molecule has 0 saturated heterocycles. The van der Waals surface area contributed by atoms with E-state index in [4.69, 9.17) is 10.00 Å². The quantitative estimate of drug-likeness (QED) is 0.856. The topological polar surface area (TPSA) is 62.1 Å². The van der Waals surface area contributed by atoms with E-state index in [1.165, 1.54) is 0 Å². The fourth-order valence-corrected chi connectivity index (χ4v) is 1.71. The van der Waals surface area contributed by atoms with Crippen LogP contribution in [0, 0.1) is 18.3 Å². The van der Waals surface area contributed by atoms with E-state index < -0.39 is 11.7 Å². The number of benzene rings is 1. The normalized spacial score (nSPS) is 11.2. The third kappa shape index (κ3) is 6.62. The van der Waals surface area contributed by atoms with Gasteiger partial charge in [-0.1, -0.05) is 18.2 Å². The lowest BCUT2D eigenvalue weighted by Crippen LogP contribution is -2.32. The van der Waals surface area contributed by atoms with Crippen LogP contribution < -0.4 is 5.32 Å². The maximum Gasteiger partial charge on any atom is 0.407 e. The average molecular weight is 286 g/mol. The van der Waals surface area contributed by atoms with E-state index in [1.807, 2.05) is 52.0 Å². The summed E-state index contributed by atoms with van der Waals surface area (Å²) in [6, 6.07) is 7.70. The number of nitriles is 1. The molecule has 0 aliphatic carbocycles. The summed E-state index contributed by atoms with van der Waals surface area (Å²) in [7, 11) is 0. The largest absolute Gasteiger partial charge is 0.444 e. The van der Waals surface area contributed by atoms with E-state index in [1.54, 1.807) is 6.07 Å². The van der Waals surface area contributed by atoms with Gasteiger partial charge < -0.3 is 10.1 Å². The minimum atomic E-state index is -0.473. The molecule has 112 valence electrons. The highest BCUT2D eigenvalue weighted by molar-refractivity contribution is 5.67. The molecule has 0 bridgehead atoms. The second-order valence-corrected chi connectivity index (χ2v) is 5.80. The predicted octanol–water partition coefficient (Wildman–Crippen LogP) is 3.79. The molecule has 4 heteroatoms. The molecule has 1 N–H and O–H groups in total. The Morgan fingerprint density at radius 1 is 1.43 bits per heavy atom. The van der Waals surface area contributed by atoms with Gasteiger partial charge in [-0.2, -0.15) is 5.26 Å². The third-order valence-corrected chi connectivity index (χ3v) is 2.68. The highest BCUT2D eigenvalue weighted by Gasteiger charge is 2.15. The Hall–Kier alpha value is -2.28. The molecular weight excluding hydrogens is 264 g/mol. The van der Waals surface area contributed by atoms with Crippen LogP contribution in [0.2, 0.25) is 0 Å². The van der Waals surface area contributed by atoms with E-state index in [0.29, 0.717) is 12.1 Å². The van der Waals surface area contributed by atoms with Crippen molar-refractivity contribution in [1.82, 2.24) is 5.32 Å². The maximum atomic E-state index is 11.4. The molecule has 0 unspecified atom stereocenters. The molecule has 1 aromatic carbocycles. The molecule has 0 radical (unpaired) electrons. The second-order valence-electron chi connectivity index (χ2n) is 5.80. The summed E-state index contributed by atoms with van der Waals surface area (Å²) in [5, 5.41) is 11.5. The van der Waals surface area contributed by atoms with Gasteiger partial charge in [0, 0.05) is 6.54 Å². The average Bonchev–Trinajstić information content (AvgIpc) is 2.37. The van der Waals surface area contributed by atoms with Crippen molar-refractivity contribution in [2.45, 2.75) is 39.7 Å². The number of nitrogens with zero attached hydrogens (tertiary/aromatic N) is 1. The number of aryl methyl sites for hydroxylation is 1. The molecule has 0 aliphatic rings. The van der Waals surface area contributed by atoms with E-state index in [9.17, 15) is 4.79 Å². The highest BCUT2D eigenvalue weighted by Crippen LogP contribution is 2.12. The number of alkyl carbamates (subject to hydrolysis) is 1. The number of nitrogens with one attached hydrogen (secondary N) is 1.